The van der Waals surface area contributed by atoms with E-state index < -0.39 is 29.2 Å². The molecule has 0 aliphatic heterocycles. The molecule has 4 rings (SSSR count). The van der Waals surface area contributed by atoms with Crippen LogP contribution in [0.5, 0.6) is 0 Å². The Balaban J connectivity index is 1.78. The molecule has 0 aliphatic rings. The molecule has 2 aromatic heterocycles. The number of rotatable bonds is 4. The Morgan fingerprint density at radius 2 is 1.73 bits per heavy atom. The molecular weight excluding hydrogens is 440 g/mol. The summed E-state index contributed by atoms with van der Waals surface area (Å²) in [4.78, 5) is 17.3. The molecule has 1 amide bonds. The summed E-state index contributed by atoms with van der Waals surface area (Å²) in [5, 5.41) is 6.47. The third-order valence-electron chi connectivity index (χ3n) is 4.87. The molecule has 33 heavy (non-hydrogen) atoms. The summed E-state index contributed by atoms with van der Waals surface area (Å²) in [5.74, 6) is -1.91. The monoisotopic (exact) mass is 458 g/mol. The highest BCUT2D eigenvalue weighted by Crippen LogP contribution is 2.32. The molecular formula is C23H18F4N4O2. The Hall–Kier alpha value is -3.95. The molecule has 0 aliphatic carbocycles. The number of hydrogen-bond donors (Lipinski definition) is 1. The normalized spacial score (nSPS) is 11.6. The van der Waals surface area contributed by atoms with Crippen LogP contribution in [0.3, 0.4) is 0 Å². The first-order valence-corrected chi connectivity index (χ1v) is 9.82. The van der Waals surface area contributed by atoms with Crippen LogP contribution < -0.4 is 5.32 Å². The van der Waals surface area contributed by atoms with E-state index in [1.807, 2.05) is 19.1 Å². The summed E-state index contributed by atoms with van der Waals surface area (Å²) in [5.41, 5.74) is 0.880. The van der Waals surface area contributed by atoms with Gasteiger partial charge in [-0.3, -0.25) is 4.79 Å². The highest BCUT2D eigenvalue weighted by molar-refractivity contribution is 6.05. The summed E-state index contributed by atoms with van der Waals surface area (Å²) in [6.07, 6.45) is -4.70. The van der Waals surface area contributed by atoms with Gasteiger partial charge in [0.25, 0.3) is 11.8 Å². The number of benzene rings is 2. The van der Waals surface area contributed by atoms with Gasteiger partial charge in [-0.2, -0.15) is 18.3 Å². The first-order chi connectivity index (χ1) is 15.5. The van der Waals surface area contributed by atoms with E-state index in [4.69, 9.17) is 4.42 Å². The van der Waals surface area contributed by atoms with Gasteiger partial charge in [0.1, 0.15) is 5.82 Å². The summed E-state index contributed by atoms with van der Waals surface area (Å²) in [6, 6.07) is 10.7. The molecule has 0 fully saturated rings. The first-order valence-electron chi connectivity index (χ1n) is 9.82. The Kier molecular flexibility index (Phi) is 5.52. The zero-order valence-electron chi connectivity index (χ0n) is 17.8. The summed E-state index contributed by atoms with van der Waals surface area (Å²) in [6.45, 7) is 5.39. The zero-order valence-corrected chi connectivity index (χ0v) is 17.8. The summed E-state index contributed by atoms with van der Waals surface area (Å²) in [7, 11) is 0. The number of nitrogens with zero attached hydrogens (tertiary/aromatic N) is 3. The molecule has 0 bridgehead atoms. The van der Waals surface area contributed by atoms with E-state index in [0.717, 1.165) is 5.56 Å². The van der Waals surface area contributed by atoms with Crippen molar-refractivity contribution in [1.29, 1.82) is 0 Å². The van der Waals surface area contributed by atoms with Gasteiger partial charge < -0.3 is 9.73 Å². The van der Waals surface area contributed by atoms with Gasteiger partial charge >= 0.3 is 6.18 Å². The van der Waals surface area contributed by atoms with Crippen LogP contribution in [0, 0.1) is 26.6 Å². The van der Waals surface area contributed by atoms with Crippen LogP contribution >= 0.6 is 0 Å². The number of amides is 1. The van der Waals surface area contributed by atoms with Gasteiger partial charge in [-0.15, -0.1) is 0 Å². The molecule has 0 saturated carbocycles. The maximum absolute atomic E-state index is 14.2. The van der Waals surface area contributed by atoms with E-state index >= 15 is 0 Å². The molecule has 4 aromatic rings. The van der Waals surface area contributed by atoms with E-state index in [0.29, 0.717) is 35.2 Å². The number of aromatic nitrogens is 3. The second-order valence-corrected chi connectivity index (χ2v) is 7.52. The zero-order chi connectivity index (χ0) is 23.9. The maximum atomic E-state index is 14.2. The van der Waals surface area contributed by atoms with E-state index in [9.17, 15) is 22.4 Å². The average Bonchev–Trinajstić information content (AvgIpc) is 3.32. The van der Waals surface area contributed by atoms with E-state index in [2.05, 4.69) is 15.4 Å². The van der Waals surface area contributed by atoms with Crippen molar-refractivity contribution in [3.8, 4) is 17.3 Å². The van der Waals surface area contributed by atoms with Crippen LogP contribution in [0.2, 0.25) is 0 Å². The molecule has 10 heteroatoms. The van der Waals surface area contributed by atoms with Gasteiger partial charge in [0.2, 0.25) is 5.89 Å². The fourth-order valence-electron chi connectivity index (χ4n) is 3.24. The molecule has 0 atom stereocenters. The minimum absolute atomic E-state index is 0.0407. The lowest BCUT2D eigenvalue weighted by Crippen LogP contribution is -2.17. The van der Waals surface area contributed by atoms with Crippen molar-refractivity contribution in [2.45, 2.75) is 26.9 Å². The van der Waals surface area contributed by atoms with Crippen molar-refractivity contribution in [3.05, 3.63) is 82.6 Å². The van der Waals surface area contributed by atoms with Crippen LogP contribution in [-0.2, 0) is 6.18 Å². The van der Waals surface area contributed by atoms with Crippen molar-refractivity contribution in [3.63, 3.8) is 0 Å². The molecule has 1 N–H and O–H groups in total. The van der Waals surface area contributed by atoms with Crippen LogP contribution in [-0.4, -0.2) is 20.7 Å². The Bertz CT molecular complexity index is 1340. The minimum atomic E-state index is -4.70. The highest BCUT2D eigenvalue weighted by atomic mass is 19.4. The van der Waals surface area contributed by atoms with Gasteiger partial charge in [-0.25, -0.2) is 14.1 Å². The number of alkyl halides is 3. The third-order valence-corrected chi connectivity index (χ3v) is 4.87. The molecule has 0 spiro atoms. The second-order valence-electron chi connectivity index (χ2n) is 7.52. The topological polar surface area (TPSA) is 73.0 Å². The number of halogens is 4. The van der Waals surface area contributed by atoms with Crippen molar-refractivity contribution in [2.75, 3.05) is 5.32 Å². The lowest BCUT2D eigenvalue weighted by molar-refractivity contribution is -0.137. The Labute approximate surface area is 185 Å². The van der Waals surface area contributed by atoms with Crippen molar-refractivity contribution in [2.24, 2.45) is 0 Å². The van der Waals surface area contributed by atoms with Gasteiger partial charge in [0.15, 0.2) is 5.69 Å². The van der Waals surface area contributed by atoms with Crippen LogP contribution in [0.1, 0.15) is 33.0 Å². The molecule has 2 aromatic carbocycles. The minimum Gasteiger partial charge on any atom is -0.417 e. The van der Waals surface area contributed by atoms with Gasteiger partial charge in [-0.05, 0) is 57.2 Å². The molecule has 0 unspecified atom stereocenters. The lowest BCUT2D eigenvalue weighted by atomic mass is 10.1. The molecule has 6 nitrogen and oxygen atoms in total. The smallest absolute Gasteiger partial charge is 0.416 e. The number of aryl methyl sites for hydroxylation is 3. The summed E-state index contributed by atoms with van der Waals surface area (Å²) >= 11 is 0. The van der Waals surface area contributed by atoms with E-state index in [1.54, 1.807) is 32.0 Å². The number of anilines is 1. The lowest BCUT2D eigenvalue weighted by Gasteiger charge is -2.10. The molecule has 0 radical (unpaired) electrons. The van der Waals surface area contributed by atoms with Crippen LogP contribution in [0.25, 0.3) is 17.3 Å². The predicted octanol–water partition coefficient (Wildman–Crippen LogP) is 5.86. The molecule has 0 saturated heterocycles. The van der Waals surface area contributed by atoms with Gasteiger partial charge in [0.05, 0.1) is 16.9 Å². The second kappa shape index (κ2) is 8.19. The standard InChI is InChI=1S/C23H18F4N4O2/c1-12-4-6-15(7-5-12)21-29-19(22(33-21)31-14(3)10-13(2)30-31)20(32)28-18-11-16(23(25,26)27)8-9-17(18)24/h4-11H,1-3H3,(H,28,32). The fourth-order valence-corrected chi connectivity index (χ4v) is 3.24. The Morgan fingerprint density at radius 3 is 2.33 bits per heavy atom. The first kappa shape index (κ1) is 22.3. The van der Waals surface area contributed by atoms with Crippen LogP contribution in [0.15, 0.2) is 52.9 Å². The maximum Gasteiger partial charge on any atom is 0.416 e. The average molecular weight is 458 g/mol. The highest BCUT2D eigenvalue weighted by Gasteiger charge is 2.32. The number of carbonyl (C=O) groups excluding carboxylic acids is 1. The predicted molar refractivity (Wildman–Crippen MR) is 113 cm³/mol. The van der Waals surface area contributed by atoms with Gasteiger partial charge in [-0.1, -0.05) is 17.7 Å². The number of hydrogen-bond acceptors (Lipinski definition) is 4. The van der Waals surface area contributed by atoms with Crippen LogP contribution in [0.4, 0.5) is 23.2 Å². The SMILES string of the molecule is Cc1ccc(-c2nc(C(=O)Nc3cc(C(F)(F)F)ccc3F)c(-n3nc(C)cc3C)o2)cc1. The van der Waals surface area contributed by atoms with Crippen molar-refractivity contribution < 1.29 is 26.8 Å². The Morgan fingerprint density at radius 1 is 1.03 bits per heavy atom. The summed E-state index contributed by atoms with van der Waals surface area (Å²) < 4.78 is 60.5. The molecule has 170 valence electrons. The fraction of sp³-hybridized carbons (Fsp3) is 0.174. The number of carbonyl (C=O) groups is 1. The van der Waals surface area contributed by atoms with Crippen molar-refractivity contribution >= 4 is 11.6 Å². The third kappa shape index (κ3) is 4.50. The van der Waals surface area contributed by atoms with E-state index in [1.165, 1.54) is 4.68 Å². The largest absolute Gasteiger partial charge is 0.417 e. The number of nitrogens with one attached hydrogen (secondary N) is 1. The van der Waals surface area contributed by atoms with Crippen molar-refractivity contribution in [1.82, 2.24) is 14.8 Å². The quantitative estimate of drug-likeness (QED) is 0.389. The number of oxazole rings is 1. The van der Waals surface area contributed by atoms with E-state index in [-0.39, 0.29) is 17.5 Å². The molecule has 2 heterocycles. The van der Waals surface area contributed by atoms with Gasteiger partial charge in [0, 0.05) is 11.3 Å².